The fourth-order valence-electron chi connectivity index (χ4n) is 2.57. The lowest BCUT2D eigenvalue weighted by molar-refractivity contribution is -0.118. The lowest BCUT2D eigenvalue weighted by Gasteiger charge is -2.35. The molecule has 2 rings (SSSR count). The van der Waals surface area contributed by atoms with E-state index in [0.717, 1.165) is 25.8 Å². The second-order valence-electron chi connectivity index (χ2n) is 5.06. The van der Waals surface area contributed by atoms with E-state index in [1.165, 1.54) is 0 Å². The zero-order chi connectivity index (χ0) is 13.8. The third kappa shape index (κ3) is 3.57. The fourth-order valence-corrected chi connectivity index (χ4v) is 2.70. The molecular formula is C15H18ClNO2. The van der Waals surface area contributed by atoms with E-state index >= 15 is 0 Å². The molecule has 0 N–H and O–H groups in total. The second kappa shape index (κ2) is 6.20. The average Bonchev–Trinajstić information content (AvgIpc) is 2.39. The van der Waals surface area contributed by atoms with E-state index in [9.17, 15) is 9.59 Å². The monoisotopic (exact) mass is 279 g/mol. The van der Waals surface area contributed by atoms with Crippen molar-refractivity contribution in [3.63, 3.8) is 0 Å². The molecule has 0 aliphatic carbocycles. The summed E-state index contributed by atoms with van der Waals surface area (Å²) in [5.41, 5.74) is 0.639. The number of halogens is 1. The molecule has 1 fully saturated rings. The van der Waals surface area contributed by atoms with Crippen LogP contribution in [0.3, 0.4) is 0 Å². The highest BCUT2D eigenvalue weighted by molar-refractivity contribution is 6.30. The molecule has 102 valence electrons. The quantitative estimate of drug-likeness (QED) is 0.851. The van der Waals surface area contributed by atoms with Crippen molar-refractivity contribution in [1.82, 2.24) is 4.90 Å². The highest BCUT2D eigenvalue weighted by Crippen LogP contribution is 2.22. The number of piperidine rings is 1. The molecule has 1 unspecified atom stereocenters. The van der Waals surface area contributed by atoms with Gasteiger partial charge in [0, 0.05) is 29.6 Å². The highest BCUT2D eigenvalue weighted by atomic mass is 35.5. The summed E-state index contributed by atoms with van der Waals surface area (Å²) in [5, 5.41) is 0.621. The van der Waals surface area contributed by atoms with Gasteiger partial charge in [0.1, 0.15) is 5.78 Å². The SMILES string of the molecule is CC(=O)CC1CCCCN1C(=O)c1ccc(Cl)cc1. The van der Waals surface area contributed by atoms with Crippen molar-refractivity contribution in [1.29, 1.82) is 0 Å². The number of carbonyl (C=O) groups excluding carboxylic acids is 2. The van der Waals surface area contributed by atoms with Gasteiger partial charge in [-0.05, 0) is 50.5 Å². The summed E-state index contributed by atoms with van der Waals surface area (Å²) in [7, 11) is 0. The lowest BCUT2D eigenvalue weighted by Crippen LogP contribution is -2.44. The van der Waals surface area contributed by atoms with Gasteiger partial charge in [-0.15, -0.1) is 0 Å². The van der Waals surface area contributed by atoms with Crippen LogP contribution in [-0.2, 0) is 4.79 Å². The van der Waals surface area contributed by atoms with Gasteiger partial charge in [0.25, 0.3) is 5.91 Å². The predicted octanol–water partition coefficient (Wildman–Crippen LogP) is 3.31. The first-order valence-electron chi connectivity index (χ1n) is 6.64. The summed E-state index contributed by atoms with van der Waals surface area (Å²) in [4.78, 5) is 25.6. The normalized spacial score (nSPS) is 19.3. The molecule has 0 radical (unpaired) electrons. The second-order valence-corrected chi connectivity index (χ2v) is 5.50. The minimum atomic E-state index is 0.00242. The van der Waals surface area contributed by atoms with Gasteiger partial charge in [0.2, 0.25) is 0 Å². The van der Waals surface area contributed by atoms with Crippen molar-refractivity contribution in [2.24, 2.45) is 0 Å². The average molecular weight is 280 g/mol. The van der Waals surface area contributed by atoms with Gasteiger partial charge >= 0.3 is 0 Å². The summed E-state index contributed by atoms with van der Waals surface area (Å²) in [5.74, 6) is 0.142. The van der Waals surface area contributed by atoms with Crippen molar-refractivity contribution in [3.05, 3.63) is 34.9 Å². The van der Waals surface area contributed by atoms with Gasteiger partial charge in [0.15, 0.2) is 0 Å². The maximum Gasteiger partial charge on any atom is 0.254 e. The topological polar surface area (TPSA) is 37.4 Å². The Hall–Kier alpha value is -1.35. The van der Waals surface area contributed by atoms with Crippen molar-refractivity contribution < 1.29 is 9.59 Å². The molecule has 0 aromatic heterocycles. The minimum Gasteiger partial charge on any atom is -0.335 e. The molecule has 3 nitrogen and oxygen atoms in total. The van der Waals surface area contributed by atoms with Crippen LogP contribution in [0.2, 0.25) is 5.02 Å². The molecule has 4 heteroatoms. The third-order valence-corrected chi connectivity index (χ3v) is 3.75. The molecule has 0 bridgehead atoms. The molecule has 19 heavy (non-hydrogen) atoms. The zero-order valence-electron chi connectivity index (χ0n) is 11.1. The molecule has 1 aliphatic rings. The number of benzene rings is 1. The van der Waals surface area contributed by atoms with Crippen LogP contribution < -0.4 is 0 Å². The number of rotatable bonds is 3. The van der Waals surface area contributed by atoms with E-state index in [0.29, 0.717) is 17.0 Å². The molecule has 1 aromatic rings. The van der Waals surface area contributed by atoms with Crippen molar-refractivity contribution >= 4 is 23.3 Å². The largest absolute Gasteiger partial charge is 0.335 e. The minimum absolute atomic E-state index is 0.00242. The molecule has 1 aliphatic heterocycles. The number of ketones is 1. The van der Waals surface area contributed by atoms with Crippen LogP contribution in [0.25, 0.3) is 0 Å². The first-order chi connectivity index (χ1) is 9.08. The van der Waals surface area contributed by atoms with E-state index in [4.69, 9.17) is 11.6 Å². The van der Waals surface area contributed by atoms with Crippen molar-refractivity contribution in [2.45, 2.75) is 38.6 Å². The molecule has 1 saturated heterocycles. The molecule has 1 aromatic carbocycles. The Labute approximate surface area is 118 Å². The van der Waals surface area contributed by atoms with E-state index in [2.05, 4.69) is 0 Å². The Bertz CT molecular complexity index is 470. The standard InChI is InChI=1S/C15H18ClNO2/c1-11(18)10-14-4-2-3-9-17(14)15(19)12-5-7-13(16)8-6-12/h5-8,14H,2-4,9-10H2,1H3. The van der Waals surface area contributed by atoms with E-state index in [-0.39, 0.29) is 17.7 Å². The van der Waals surface area contributed by atoms with E-state index < -0.39 is 0 Å². The molecule has 0 spiro atoms. The Morgan fingerprint density at radius 2 is 1.95 bits per heavy atom. The number of Topliss-reactive ketones (excluding diaryl/α,β-unsaturated/α-hetero) is 1. The molecule has 1 atom stereocenters. The van der Waals surface area contributed by atoms with Gasteiger partial charge in [0.05, 0.1) is 0 Å². The molecule has 1 heterocycles. The number of hydrogen-bond acceptors (Lipinski definition) is 2. The van der Waals surface area contributed by atoms with Crippen LogP contribution in [-0.4, -0.2) is 29.2 Å². The maximum absolute atomic E-state index is 12.5. The highest BCUT2D eigenvalue weighted by Gasteiger charge is 2.28. The zero-order valence-corrected chi connectivity index (χ0v) is 11.8. The molecular weight excluding hydrogens is 262 g/mol. The van der Waals surface area contributed by atoms with E-state index in [1.807, 2.05) is 4.90 Å². The Morgan fingerprint density at radius 1 is 1.26 bits per heavy atom. The third-order valence-electron chi connectivity index (χ3n) is 3.50. The summed E-state index contributed by atoms with van der Waals surface area (Å²) < 4.78 is 0. The molecule has 0 saturated carbocycles. The summed E-state index contributed by atoms with van der Waals surface area (Å²) in [6.07, 6.45) is 3.47. The van der Waals surface area contributed by atoms with Gasteiger partial charge in [-0.2, -0.15) is 0 Å². The lowest BCUT2D eigenvalue weighted by atomic mass is 9.97. The Kier molecular flexibility index (Phi) is 4.59. The summed E-state index contributed by atoms with van der Waals surface area (Å²) in [6.45, 7) is 2.32. The van der Waals surface area contributed by atoms with Gasteiger partial charge in [-0.25, -0.2) is 0 Å². The van der Waals surface area contributed by atoms with Crippen molar-refractivity contribution in [3.8, 4) is 0 Å². The van der Waals surface area contributed by atoms with Crippen LogP contribution in [0.5, 0.6) is 0 Å². The number of carbonyl (C=O) groups is 2. The van der Waals surface area contributed by atoms with Gasteiger partial charge in [-0.3, -0.25) is 9.59 Å². The summed E-state index contributed by atoms with van der Waals surface area (Å²) in [6, 6.07) is 6.97. The van der Waals surface area contributed by atoms with E-state index in [1.54, 1.807) is 31.2 Å². The number of nitrogens with zero attached hydrogens (tertiary/aromatic N) is 1. The van der Waals surface area contributed by atoms with Crippen LogP contribution in [0.1, 0.15) is 43.0 Å². The van der Waals surface area contributed by atoms with Crippen molar-refractivity contribution in [2.75, 3.05) is 6.54 Å². The predicted molar refractivity (Wildman–Crippen MR) is 75.4 cm³/mol. The first kappa shape index (κ1) is 14.1. The maximum atomic E-state index is 12.5. The smallest absolute Gasteiger partial charge is 0.254 e. The van der Waals surface area contributed by atoms with Crippen LogP contribution >= 0.6 is 11.6 Å². The van der Waals surface area contributed by atoms with Gasteiger partial charge < -0.3 is 4.90 Å². The first-order valence-corrected chi connectivity index (χ1v) is 7.01. The van der Waals surface area contributed by atoms with Crippen LogP contribution in [0.15, 0.2) is 24.3 Å². The fraction of sp³-hybridized carbons (Fsp3) is 0.467. The van der Waals surface area contributed by atoms with Crippen LogP contribution in [0.4, 0.5) is 0 Å². The Morgan fingerprint density at radius 3 is 2.58 bits per heavy atom. The number of hydrogen-bond donors (Lipinski definition) is 0. The number of likely N-dealkylation sites (tertiary alicyclic amines) is 1. The summed E-state index contributed by atoms with van der Waals surface area (Å²) >= 11 is 5.83. The number of amides is 1. The van der Waals surface area contributed by atoms with Crippen LogP contribution in [0, 0.1) is 0 Å². The molecule has 1 amide bonds. The van der Waals surface area contributed by atoms with Gasteiger partial charge in [-0.1, -0.05) is 11.6 Å². The Balaban J connectivity index is 2.15.